The summed E-state index contributed by atoms with van der Waals surface area (Å²) in [5, 5.41) is 0. The topological polar surface area (TPSA) is 29.3 Å². The van der Waals surface area contributed by atoms with Gasteiger partial charge in [0.2, 0.25) is 0 Å². The molecule has 2 N–H and O–H groups in total. The van der Waals surface area contributed by atoms with Crippen LogP contribution >= 0.6 is 11.8 Å². The summed E-state index contributed by atoms with van der Waals surface area (Å²) in [7, 11) is 0. The molecule has 0 bridgehead atoms. The highest BCUT2D eigenvalue weighted by Crippen LogP contribution is 2.33. The Bertz CT molecular complexity index is 420. The number of halogens is 1. The van der Waals surface area contributed by atoms with Gasteiger partial charge in [0.25, 0.3) is 0 Å². The second-order valence-corrected chi connectivity index (χ2v) is 7.09. The van der Waals surface area contributed by atoms with Gasteiger partial charge in [-0.15, -0.1) is 0 Å². The Hall–Kier alpha value is -0.740. The molecule has 1 saturated heterocycles. The number of thioether (sulfide) groups is 1. The highest BCUT2D eigenvalue weighted by Gasteiger charge is 2.24. The summed E-state index contributed by atoms with van der Waals surface area (Å²) in [6.07, 6.45) is 1.11. The van der Waals surface area contributed by atoms with Crippen molar-refractivity contribution in [1.29, 1.82) is 0 Å². The van der Waals surface area contributed by atoms with E-state index in [-0.39, 0.29) is 12.4 Å². The minimum atomic E-state index is -0.189. The summed E-state index contributed by atoms with van der Waals surface area (Å²) in [5.74, 6) is 0.888. The molecule has 1 aliphatic rings. The summed E-state index contributed by atoms with van der Waals surface area (Å²) in [5.41, 5.74) is 7.29. The van der Waals surface area contributed by atoms with Gasteiger partial charge >= 0.3 is 0 Å². The van der Waals surface area contributed by atoms with Crippen LogP contribution in [-0.4, -0.2) is 23.6 Å². The quantitative estimate of drug-likeness (QED) is 0.894. The van der Waals surface area contributed by atoms with E-state index >= 15 is 0 Å². The Labute approximate surface area is 113 Å². The van der Waals surface area contributed by atoms with E-state index in [1.54, 1.807) is 6.07 Å². The van der Waals surface area contributed by atoms with Crippen LogP contribution in [0.2, 0.25) is 0 Å². The molecule has 0 saturated carbocycles. The molecule has 0 unspecified atom stereocenters. The number of nitrogens with zero attached hydrogens (tertiary/aromatic N) is 1. The van der Waals surface area contributed by atoms with Crippen LogP contribution in [0.5, 0.6) is 0 Å². The number of hydrogen-bond acceptors (Lipinski definition) is 3. The van der Waals surface area contributed by atoms with E-state index in [1.165, 1.54) is 6.07 Å². The Kier molecular flexibility index (Phi) is 4.17. The summed E-state index contributed by atoms with van der Waals surface area (Å²) in [4.78, 5) is 2.27. The Morgan fingerprint density at radius 2 is 2.17 bits per heavy atom. The van der Waals surface area contributed by atoms with E-state index in [1.807, 2.05) is 17.8 Å². The first-order chi connectivity index (χ1) is 8.53. The van der Waals surface area contributed by atoms with Crippen LogP contribution in [-0.2, 0) is 6.54 Å². The zero-order valence-electron chi connectivity index (χ0n) is 11.1. The van der Waals surface area contributed by atoms with Gasteiger partial charge in [0, 0.05) is 41.4 Å². The zero-order chi connectivity index (χ0) is 13.2. The van der Waals surface area contributed by atoms with Crippen LogP contribution in [0.4, 0.5) is 10.1 Å². The van der Waals surface area contributed by atoms with Crippen LogP contribution in [0.3, 0.4) is 0 Å². The van der Waals surface area contributed by atoms with Crippen molar-refractivity contribution in [2.45, 2.75) is 31.6 Å². The highest BCUT2D eigenvalue weighted by molar-refractivity contribution is 8.00. The molecular formula is C14H21FN2S. The van der Waals surface area contributed by atoms with Crippen molar-refractivity contribution in [3.63, 3.8) is 0 Å². The number of benzene rings is 1. The van der Waals surface area contributed by atoms with Gasteiger partial charge in [0.05, 0.1) is 0 Å². The van der Waals surface area contributed by atoms with Crippen molar-refractivity contribution in [3.8, 4) is 0 Å². The lowest BCUT2D eigenvalue weighted by Gasteiger charge is -2.26. The molecule has 18 heavy (non-hydrogen) atoms. The Balaban J connectivity index is 2.24. The van der Waals surface area contributed by atoms with Gasteiger partial charge in [-0.1, -0.05) is 19.9 Å². The molecule has 1 fully saturated rings. The first kappa shape index (κ1) is 13.7. The normalized spacial score (nSPS) is 19.7. The van der Waals surface area contributed by atoms with Crippen molar-refractivity contribution < 1.29 is 4.39 Å². The highest BCUT2D eigenvalue weighted by atomic mass is 32.2. The van der Waals surface area contributed by atoms with Crippen LogP contribution in [0, 0.1) is 5.82 Å². The second kappa shape index (κ2) is 5.49. The van der Waals surface area contributed by atoms with E-state index in [9.17, 15) is 4.39 Å². The number of anilines is 1. The molecule has 0 amide bonds. The van der Waals surface area contributed by atoms with E-state index in [4.69, 9.17) is 5.73 Å². The van der Waals surface area contributed by atoms with Gasteiger partial charge in [0.1, 0.15) is 5.82 Å². The molecule has 4 heteroatoms. The SMILES string of the molecule is CC1(C)CCN(c2cccc(F)c2CN)CCS1. The molecule has 0 spiro atoms. The lowest BCUT2D eigenvalue weighted by atomic mass is 10.1. The molecule has 1 aromatic carbocycles. The minimum absolute atomic E-state index is 0.189. The fourth-order valence-electron chi connectivity index (χ4n) is 2.31. The molecule has 2 rings (SSSR count). The predicted molar refractivity (Wildman–Crippen MR) is 77.7 cm³/mol. The summed E-state index contributed by atoms with van der Waals surface area (Å²) >= 11 is 1.99. The van der Waals surface area contributed by atoms with Crippen LogP contribution in [0.25, 0.3) is 0 Å². The van der Waals surface area contributed by atoms with Crippen molar-refractivity contribution in [2.75, 3.05) is 23.7 Å². The van der Waals surface area contributed by atoms with Crippen LogP contribution < -0.4 is 10.6 Å². The minimum Gasteiger partial charge on any atom is -0.370 e. The standard InChI is InChI=1S/C14H21FN2S/c1-14(2)6-7-17(8-9-18-14)13-5-3-4-12(15)11(13)10-16/h3-5H,6-10,16H2,1-2H3. The predicted octanol–water partition coefficient (Wildman–Crippen LogP) is 3.01. The molecule has 0 atom stereocenters. The number of nitrogens with two attached hydrogens (primary N) is 1. The van der Waals surface area contributed by atoms with Gasteiger partial charge in [-0.25, -0.2) is 4.39 Å². The van der Waals surface area contributed by atoms with E-state index in [2.05, 4.69) is 18.7 Å². The van der Waals surface area contributed by atoms with E-state index < -0.39 is 0 Å². The molecule has 0 aromatic heterocycles. The third-order valence-corrected chi connectivity index (χ3v) is 4.85. The zero-order valence-corrected chi connectivity index (χ0v) is 11.9. The maximum atomic E-state index is 13.7. The molecule has 1 aromatic rings. The Morgan fingerprint density at radius 1 is 1.39 bits per heavy atom. The first-order valence-electron chi connectivity index (χ1n) is 6.40. The number of hydrogen-bond donors (Lipinski definition) is 1. The third-order valence-electron chi connectivity index (χ3n) is 3.48. The second-order valence-electron chi connectivity index (χ2n) is 5.29. The van der Waals surface area contributed by atoms with E-state index in [0.717, 1.165) is 31.0 Å². The van der Waals surface area contributed by atoms with Crippen molar-refractivity contribution in [3.05, 3.63) is 29.6 Å². The maximum Gasteiger partial charge on any atom is 0.129 e. The fraction of sp³-hybridized carbons (Fsp3) is 0.571. The molecule has 1 aliphatic heterocycles. The van der Waals surface area contributed by atoms with Crippen LogP contribution in [0.15, 0.2) is 18.2 Å². The molecular weight excluding hydrogens is 247 g/mol. The van der Waals surface area contributed by atoms with Gasteiger partial charge < -0.3 is 10.6 Å². The lowest BCUT2D eigenvalue weighted by molar-refractivity contribution is 0.604. The van der Waals surface area contributed by atoms with Gasteiger partial charge in [-0.2, -0.15) is 11.8 Å². The maximum absolute atomic E-state index is 13.7. The molecule has 100 valence electrons. The summed E-state index contributed by atoms with van der Waals surface area (Å²) < 4.78 is 14.1. The molecule has 1 heterocycles. The lowest BCUT2D eigenvalue weighted by Crippen LogP contribution is -2.28. The average Bonchev–Trinajstić information content (AvgIpc) is 2.50. The van der Waals surface area contributed by atoms with Crippen LogP contribution in [0.1, 0.15) is 25.8 Å². The first-order valence-corrected chi connectivity index (χ1v) is 7.38. The monoisotopic (exact) mass is 268 g/mol. The van der Waals surface area contributed by atoms with Gasteiger partial charge in [-0.3, -0.25) is 0 Å². The van der Waals surface area contributed by atoms with Crippen molar-refractivity contribution in [2.24, 2.45) is 5.73 Å². The fourth-order valence-corrected chi connectivity index (χ4v) is 3.41. The Morgan fingerprint density at radius 3 is 2.89 bits per heavy atom. The van der Waals surface area contributed by atoms with Gasteiger partial charge in [0.15, 0.2) is 0 Å². The van der Waals surface area contributed by atoms with Gasteiger partial charge in [-0.05, 0) is 18.6 Å². The molecule has 0 aliphatic carbocycles. The van der Waals surface area contributed by atoms with E-state index in [0.29, 0.717) is 10.3 Å². The smallest absolute Gasteiger partial charge is 0.129 e. The largest absolute Gasteiger partial charge is 0.370 e. The molecule has 2 nitrogen and oxygen atoms in total. The van der Waals surface area contributed by atoms with Crippen molar-refractivity contribution >= 4 is 17.4 Å². The molecule has 0 radical (unpaired) electrons. The van der Waals surface area contributed by atoms with Crippen molar-refractivity contribution in [1.82, 2.24) is 0 Å². The third kappa shape index (κ3) is 2.98. The number of rotatable bonds is 2. The summed E-state index contributed by atoms with van der Waals surface area (Å²) in [6, 6.07) is 5.24. The average molecular weight is 268 g/mol. The summed E-state index contributed by atoms with van der Waals surface area (Å²) in [6.45, 7) is 6.74.